The zero-order valence-electron chi connectivity index (χ0n) is 18.3. The molecule has 1 aromatic carbocycles. The summed E-state index contributed by atoms with van der Waals surface area (Å²) in [6, 6.07) is 11.8. The monoisotopic (exact) mass is 571 g/mol. The van der Waals surface area contributed by atoms with Gasteiger partial charge in [-0.2, -0.15) is 13.2 Å². The molecule has 7 N–H and O–H groups in total. The van der Waals surface area contributed by atoms with Crippen molar-refractivity contribution in [2.45, 2.75) is 25.4 Å². The van der Waals surface area contributed by atoms with Crippen LogP contribution in [0.4, 0.5) is 19.0 Å². The number of hydrogen-bond acceptors (Lipinski definition) is 2. The molecule has 0 fully saturated rings. The molecular weight excluding hydrogens is 549 g/mol. The first kappa shape index (κ1) is 32.7. The molecule has 1 amide bonds. The van der Waals surface area contributed by atoms with Gasteiger partial charge in [0.1, 0.15) is 12.7 Å². The smallest absolute Gasteiger partial charge is 0.365 e. The Morgan fingerprint density at radius 3 is 2.31 bits per heavy atom. The molecule has 0 bridgehead atoms. The lowest BCUT2D eigenvalue weighted by Crippen LogP contribution is -3.00. The Morgan fingerprint density at radius 1 is 1.03 bits per heavy atom. The summed E-state index contributed by atoms with van der Waals surface area (Å²) in [6.07, 6.45) is 2.29. The Labute approximate surface area is 224 Å². The van der Waals surface area contributed by atoms with E-state index in [1.807, 2.05) is 24.3 Å². The average molecular weight is 573 g/mol. The summed E-state index contributed by atoms with van der Waals surface area (Å²) in [5.41, 5.74) is 5.35. The quantitative estimate of drug-likeness (QED) is 0.238. The highest BCUT2D eigenvalue weighted by Crippen LogP contribution is 2.26. The summed E-state index contributed by atoms with van der Waals surface area (Å²) < 4.78 is 43.7. The zero-order valence-corrected chi connectivity index (χ0v) is 21.3. The molecule has 3 rings (SSSR count). The lowest BCUT2D eigenvalue weighted by Gasteiger charge is -2.12. The minimum Gasteiger partial charge on any atom is -1.00 e. The maximum atomic E-state index is 14.9. The fourth-order valence-corrected chi connectivity index (χ4v) is 3.34. The molecule has 0 aliphatic carbocycles. The highest BCUT2D eigenvalue weighted by Gasteiger charge is 2.40. The van der Waals surface area contributed by atoms with Gasteiger partial charge in [-0.25, -0.2) is 9.97 Å². The van der Waals surface area contributed by atoms with Crippen LogP contribution in [0.5, 0.6) is 0 Å². The van der Waals surface area contributed by atoms with Crippen LogP contribution < -0.4 is 63.6 Å². The van der Waals surface area contributed by atoms with Crippen molar-refractivity contribution in [3.05, 3.63) is 88.1 Å². The van der Waals surface area contributed by atoms with Gasteiger partial charge in [0, 0.05) is 29.8 Å². The summed E-state index contributed by atoms with van der Waals surface area (Å²) in [5, 5.41) is 5.08. The van der Waals surface area contributed by atoms with Gasteiger partial charge in [-0.1, -0.05) is 35.9 Å². The van der Waals surface area contributed by atoms with Gasteiger partial charge in [0.15, 0.2) is 12.7 Å². The van der Waals surface area contributed by atoms with Crippen molar-refractivity contribution in [2.24, 2.45) is 0 Å². The van der Waals surface area contributed by atoms with Crippen LogP contribution in [-0.2, 0) is 30.2 Å². The van der Waals surface area contributed by atoms with Crippen molar-refractivity contribution in [3.63, 3.8) is 0 Å². The number of benzene rings is 1. The van der Waals surface area contributed by atoms with Crippen LogP contribution in [0.2, 0.25) is 5.02 Å². The molecule has 192 valence electrons. The molecule has 0 spiro atoms. The predicted octanol–water partition coefficient (Wildman–Crippen LogP) is -7.08. The number of alkyl halides is 2. The van der Waals surface area contributed by atoms with Gasteiger partial charge in [-0.15, -0.1) is 0 Å². The Hall–Kier alpha value is -2.30. The van der Waals surface area contributed by atoms with E-state index in [9.17, 15) is 18.0 Å². The normalized spacial score (nSPS) is 10.3. The number of hydrogen-bond donors (Lipinski definition) is 3. The van der Waals surface area contributed by atoms with E-state index in [-0.39, 0.29) is 72.3 Å². The number of amides is 1. The molecule has 0 saturated heterocycles. The molecule has 0 atom stereocenters. The van der Waals surface area contributed by atoms with E-state index in [0.29, 0.717) is 6.54 Å². The SMILES string of the molecule is [Cl-].[Cl-].[Cl-].[NH3+]Cc1ccccc1CNC(=O)Cc1c(Cl)c[nH+]c(NCC(F)(F)c2cccc[nH+]2)c1F. The summed E-state index contributed by atoms with van der Waals surface area (Å²) in [5.74, 6) is -4.90. The van der Waals surface area contributed by atoms with Crippen molar-refractivity contribution < 1.29 is 70.9 Å². The molecule has 2 aromatic heterocycles. The third kappa shape index (κ3) is 8.70. The van der Waals surface area contributed by atoms with Crippen LogP contribution in [0.3, 0.4) is 0 Å². The summed E-state index contributed by atoms with van der Waals surface area (Å²) >= 11 is 6.06. The van der Waals surface area contributed by atoms with E-state index in [1.165, 1.54) is 24.5 Å². The molecule has 0 saturated carbocycles. The van der Waals surface area contributed by atoms with Gasteiger partial charge in [0.2, 0.25) is 11.7 Å². The number of carbonyl (C=O) groups excluding carboxylic acids is 1. The molecule has 0 unspecified atom stereocenters. The third-order valence-corrected chi connectivity index (χ3v) is 5.24. The van der Waals surface area contributed by atoms with Gasteiger partial charge in [0.05, 0.1) is 11.4 Å². The number of pyridine rings is 2. The van der Waals surface area contributed by atoms with E-state index < -0.39 is 24.2 Å². The number of H-pyrrole nitrogens is 2. The van der Waals surface area contributed by atoms with Crippen molar-refractivity contribution >= 4 is 23.3 Å². The Bertz CT molecular complexity index is 1090. The fraction of sp³-hybridized carbons (Fsp3) is 0.227. The molecule has 6 nitrogen and oxygen atoms in total. The van der Waals surface area contributed by atoms with Crippen molar-refractivity contribution in [1.29, 1.82) is 0 Å². The molecule has 13 heteroatoms. The number of rotatable bonds is 9. The van der Waals surface area contributed by atoms with E-state index in [1.54, 1.807) is 6.07 Å². The minimum atomic E-state index is -3.28. The molecule has 35 heavy (non-hydrogen) atoms. The molecule has 0 radical (unpaired) electrons. The van der Waals surface area contributed by atoms with Crippen LogP contribution >= 0.6 is 11.6 Å². The second-order valence-corrected chi connectivity index (χ2v) is 7.52. The summed E-state index contributed by atoms with van der Waals surface area (Å²) in [7, 11) is 0. The Morgan fingerprint density at radius 2 is 1.69 bits per heavy atom. The Kier molecular flexibility index (Phi) is 14.0. The first-order chi connectivity index (χ1) is 15.3. The van der Waals surface area contributed by atoms with E-state index in [0.717, 1.165) is 11.1 Å². The lowest BCUT2D eigenvalue weighted by atomic mass is 10.1. The zero-order chi connectivity index (χ0) is 23.1. The number of anilines is 1. The van der Waals surface area contributed by atoms with E-state index in [2.05, 4.69) is 26.3 Å². The molecule has 0 aliphatic rings. The maximum absolute atomic E-state index is 14.9. The highest BCUT2D eigenvalue weighted by molar-refractivity contribution is 6.31. The van der Waals surface area contributed by atoms with Gasteiger partial charge in [-0.3, -0.25) is 10.1 Å². The lowest BCUT2D eigenvalue weighted by molar-refractivity contribution is -0.412. The number of carbonyl (C=O) groups is 1. The molecule has 2 heterocycles. The number of aromatic nitrogens is 2. The van der Waals surface area contributed by atoms with Crippen LogP contribution in [-0.4, -0.2) is 12.5 Å². The van der Waals surface area contributed by atoms with Crippen LogP contribution in [0.25, 0.3) is 0 Å². The van der Waals surface area contributed by atoms with Crippen LogP contribution in [0.1, 0.15) is 22.4 Å². The second-order valence-electron chi connectivity index (χ2n) is 7.11. The first-order valence-electron chi connectivity index (χ1n) is 9.92. The third-order valence-electron chi connectivity index (χ3n) is 4.91. The number of halogens is 7. The van der Waals surface area contributed by atoms with Gasteiger partial charge < -0.3 is 48.3 Å². The van der Waals surface area contributed by atoms with E-state index in [4.69, 9.17) is 11.6 Å². The van der Waals surface area contributed by atoms with Crippen molar-refractivity contribution in [3.8, 4) is 0 Å². The largest absolute Gasteiger partial charge is 1.00 e. The van der Waals surface area contributed by atoms with Gasteiger partial charge in [-0.05, 0) is 11.6 Å². The van der Waals surface area contributed by atoms with Crippen molar-refractivity contribution in [1.82, 2.24) is 5.32 Å². The molecule has 3 aromatic rings. The molecular formula is C22H24Cl4F3N5O. The maximum Gasteiger partial charge on any atom is 0.365 e. The average Bonchev–Trinajstić information content (AvgIpc) is 2.80. The van der Waals surface area contributed by atoms with E-state index >= 15 is 0 Å². The highest BCUT2D eigenvalue weighted by atomic mass is 35.5. The minimum absolute atomic E-state index is 0. The Balaban J connectivity index is 0.00000385. The number of aromatic amines is 2. The summed E-state index contributed by atoms with van der Waals surface area (Å²) in [6.45, 7) is -0.0366. The summed E-state index contributed by atoms with van der Waals surface area (Å²) in [4.78, 5) is 17.4. The second kappa shape index (κ2) is 15.0. The van der Waals surface area contributed by atoms with Gasteiger partial charge >= 0.3 is 11.7 Å². The van der Waals surface area contributed by atoms with Crippen LogP contribution in [0.15, 0.2) is 54.9 Å². The predicted molar refractivity (Wildman–Crippen MR) is 112 cm³/mol. The molecule has 0 aliphatic heterocycles. The van der Waals surface area contributed by atoms with Gasteiger partial charge in [0.25, 0.3) is 5.69 Å². The van der Waals surface area contributed by atoms with Crippen LogP contribution in [0, 0.1) is 5.82 Å². The number of nitrogens with one attached hydrogen (secondary N) is 4. The van der Waals surface area contributed by atoms with Crippen molar-refractivity contribution in [2.75, 3.05) is 11.9 Å². The first-order valence-corrected chi connectivity index (χ1v) is 10.3. The fourth-order valence-electron chi connectivity index (χ4n) is 3.14. The number of quaternary nitrogens is 1. The standard InChI is InChI=1S/C22H21ClF3N5O.3ClH/c23-17-12-30-21(31-13-22(25,26)18-7-3-4-8-28-18)20(24)16(17)9-19(32)29-11-15-6-2-1-5-14(15)10-27;;;/h1-8,12H,9-11,13,27H2,(H,29,32)(H,30,31);3*1H. The topological polar surface area (TPSA) is 97.0 Å².